The van der Waals surface area contributed by atoms with Crippen molar-refractivity contribution < 1.29 is 9.59 Å². The number of rotatable bonds is 6. The molecule has 0 aromatic heterocycles. The number of nitrogens with one attached hydrogen (secondary N) is 1. The summed E-state index contributed by atoms with van der Waals surface area (Å²) in [5.74, 6) is -0.228. The highest BCUT2D eigenvalue weighted by molar-refractivity contribution is 6.31. The van der Waals surface area contributed by atoms with Crippen molar-refractivity contribution in [2.24, 2.45) is 0 Å². The highest BCUT2D eigenvalue weighted by Gasteiger charge is 2.17. The second kappa shape index (κ2) is 8.86. The smallest absolute Gasteiger partial charge is 0.226 e. The summed E-state index contributed by atoms with van der Waals surface area (Å²) in [6.45, 7) is 7.75. The second-order valence-electron chi connectivity index (χ2n) is 6.36. The van der Waals surface area contributed by atoms with Crippen molar-refractivity contribution in [2.45, 2.75) is 40.5 Å². The summed E-state index contributed by atoms with van der Waals surface area (Å²) in [4.78, 5) is 26.1. The molecular formula is C21H25ClN2O2. The topological polar surface area (TPSA) is 49.4 Å². The zero-order chi connectivity index (χ0) is 19.3. The van der Waals surface area contributed by atoms with E-state index in [1.165, 1.54) is 6.92 Å². The van der Waals surface area contributed by atoms with Crippen LogP contribution in [0.15, 0.2) is 36.4 Å². The van der Waals surface area contributed by atoms with Gasteiger partial charge in [0.2, 0.25) is 11.8 Å². The third-order valence-corrected chi connectivity index (χ3v) is 4.64. The molecule has 2 rings (SSSR count). The van der Waals surface area contributed by atoms with Crippen LogP contribution in [0.3, 0.4) is 0 Å². The van der Waals surface area contributed by atoms with E-state index in [9.17, 15) is 9.59 Å². The van der Waals surface area contributed by atoms with Crippen molar-refractivity contribution in [1.82, 2.24) is 0 Å². The van der Waals surface area contributed by atoms with Crippen LogP contribution in [0, 0.1) is 13.8 Å². The molecule has 0 atom stereocenters. The summed E-state index contributed by atoms with van der Waals surface area (Å²) in [5, 5.41) is 3.56. The van der Waals surface area contributed by atoms with Crippen LogP contribution in [-0.2, 0) is 16.0 Å². The van der Waals surface area contributed by atoms with Gasteiger partial charge in [-0.2, -0.15) is 0 Å². The second-order valence-corrected chi connectivity index (χ2v) is 6.80. The van der Waals surface area contributed by atoms with Crippen molar-refractivity contribution in [3.05, 3.63) is 58.1 Å². The Morgan fingerprint density at radius 1 is 1.12 bits per heavy atom. The van der Waals surface area contributed by atoms with E-state index in [0.717, 1.165) is 34.5 Å². The average Bonchev–Trinajstić information content (AvgIpc) is 2.59. The number of para-hydroxylation sites is 1. The molecule has 0 fully saturated rings. The van der Waals surface area contributed by atoms with Crippen molar-refractivity contribution in [3.8, 4) is 0 Å². The summed E-state index contributed by atoms with van der Waals surface area (Å²) in [5.41, 5.74) is 4.69. The largest absolute Gasteiger partial charge is 0.326 e. The molecule has 0 bridgehead atoms. The van der Waals surface area contributed by atoms with Gasteiger partial charge in [-0.25, -0.2) is 0 Å². The normalized spacial score (nSPS) is 10.5. The van der Waals surface area contributed by atoms with Gasteiger partial charge in [0.1, 0.15) is 0 Å². The Kier molecular flexibility index (Phi) is 6.81. The van der Waals surface area contributed by atoms with E-state index in [-0.39, 0.29) is 18.2 Å². The minimum atomic E-state index is -0.117. The number of hydrogen-bond donors (Lipinski definition) is 1. The van der Waals surface area contributed by atoms with Gasteiger partial charge >= 0.3 is 0 Å². The molecule has 138 valence electrons. The summed E-state index contributed by atoms with van der Waals surface area (Å²) in [6.07, 6.45) is 1.06. The number of amides is 2. The maximum absolute atomic E-state index is 12.5. The number of aryl methyl sites for hydroxylation is 3. The van der Waals surface area contributed by atoms with E-state index < -0.39 is 0 Å². The fraction of sp³-hybridized carbons (Fsp3) is 0.333. The van der Waals surface area contributed by atoms with Gasteiger partial charge in [0.25, 0.3) is 0 Å². The van der Waals surface area contributed by atoms with E-state index in [1.54, 1.807) is 17.0 Å². The van der Waals surface area contributed by atoms with Crippen LogP contribution < -0.4 is 10.2 Å². The molecule has 1 N–H and O–H groups in total. The van der Waals surface area contributed by atoms with Crippen LogP contribution in [0.5, 0.6) is 0 Å². The number of hydrogen-bond acceptors (Lipinski definition) is 2. The summed E-state index contributed by atoms with van der Waals surface area (Å²) in [6, 6.07) is 11.4. The van der Waals surface area contributed by atoms with Crippen LogP contribution in [0.1, 0.15) is 37.0 Å². The molecular weight excluding hydrogens is 348 g/mol. The summed E-state index contributed by atoms with van der Waals surface area (Å²) >= 11 is 6.07. The van der Waals surface area contributed by atoms with E-state index in [4.69, 9.17) is 11.6 Å². The predicted octanol–water partition coefficient (Wildman–Crippen LogP) is 4.90. The van der Waals surface area contributed by atoms with Gasteiger partial charge in [-0.3, -0.25) is 9.59 Å². The van der Waals surface area contributed by atoms with E-state index in [2.05, 4.69) is 12.2 Å². The lowest BCUT2D eigenvalue weighted by Crippen LogP contribution is -2.32. The molecule has 26 heavy (non-hydrogen) atoms. The van der Waals surface area contributed by atoms with Crippen LogP contribution in [-0.4, -0.2) is 18.4 Å². The number of benzene rings is 2. The fourth-order valence-electron chi connectivity index (χ4n) is 2.94. The lowest BCUT2D eigenvalue weighted by atomic mass is 10.1. The van der Waals surface area contributed by atoms with Crippen LogP contribution >= 0.6 is 11.6 Å². The minimum Gasteiger partial charge on any atom is -0.326 e. The molecule has 2 aromatic rings. The van der Waals surface area contributed by atoms with Gasteiger partial charge in [-0.1, -0.05) is 42.8 Å². The first kappa shape index (κ1) is 20.0. The van der Waals surface area contributed by atoms with Crippen LogP contribution in [0.4, 0.5) is 11.4 Å². The van der Waals surface area contributed by atoms with Gasteiger partial charge in [-0.15, -0.1) is 0 Å². The number of carbonyl (C=O) groups excluding carboxylic acids is 2. The zero-order valence-corrected chi connectivity index (χ0v) is 16.5. The van der Waals surface area contributed by atoms with E-state index in [1.807, 2.05) is 38.1 Å². The number of halogens is 1. The van der Waals surface area contributed by atoms with Gasteiger partial charge in [-0.05, 0) is 49.1 Å². The van der Waals surface area contributed by atoms with Gasteiger partial charge < -0.3 is 10.2 Å². The molecule has 0 unspecified atom stereocenters. The van der Waals surface area contributed by atoms with Crippen molar-refractivity contribution in [3.63, 3.8) is 0 Å². The highest BCUT2D eigenvalue weighted by Crippen LogP contribution is 2.25. The standard InChI is InChI=1S/C21H25ClN2O2/c1-5-17-8-6-7-15(3)21(17)23-20(26)11-12-24(16(4)25)19-13-18(22)10-9-14(19)2/h6-10,13H,5,11-12H2,1-4H3,(H,23,26). The summed E-state index contributed by atoms with van der Waals surface area (Å²) in [7, 11) is 0. The molecule has 0 aliphatic rings. The molecule has 2 amide bonds. The lowest BCUT2D eigenvalue weighted by Gasteiger charge is -2.23. The quantitative estimate of drug-likeness (QED) is 0.783. The first-order valence-corrected chi connectivity index (χ1v) is 9.13. The SMILES string of the molecule is CCc1cccc(C)c1NC(=O)CCN(C(C)=O)c1cc(Cl)ccc1C. The van der Waals surface area contributed by atoms with E-state index in [0.29, 0.717) is 11.6 Å². The fourth-order valence-corrected chi connectivity index (χ4v) is 3.10. The van der Waals surface area contributed by atoms with Crippen molar-refractivity contribution in [2.75, 3.05) is 16.8 Å². The molecule has 0 radical (unpaired) electrons. The molecule has 0 saturated carbocycles. The molecule has 2 aromatic carbocycles. The van der Waals surface area contributed by atoms with Gasteiger partial charge in [0.15, 0.2) is 0 Å². The monoisotopic (exact) mass is 372 g/mol. The maximum atomic E-state index is 12.5. The third-order valence-electron chi connectivity index (χ3n) is 4.41. The Labute approximate surface area is 160 Å². The number of carbonyl (C=O) groups is 2. The molecule has 0 spiro atoms. The van der Waals surface area contributed by atoms with Crippen molar-refractivity contribution >= 4 is 34.8 Å². The molecule has 0 saturated heterocycles. The van der Waals surface area contributed by atoms with Crippen molar-refractivity contribution in [1.29, 1.82) is 0 Å². The molecule has 0 aliphatic carbocycles. The van der Waals surface area contributed by atoms with Gasteiger partial charge in [0, 0.05) is 36.3 Å². The Balaban J connectivity index is 2.11. The van der Waals surface area contributed by atoms with Crippen LogP contribution in [0.2, 0.25) is 5.02 Å². The Bertz CT molecular complexity index is 818. The molecule has 5 heteroatoms. The predicted molar refractivity (Wildman–Crippen MR) is 108 cm³/mol. The van der Waals surface area contributed by atoms with Gasteiger partial charge in [0.05, 0.1) is 0 Å². The Hall–Kier alpha value is -2.33. The van der Waals surface area contributed by atoms with E-state index >= 15 is 0 Å². The Morgan fingerprint density at radius 3 is 2.50 bits per heavy atom. The Morgan fingerprint density at radius 2 is 1.85 bits per heavy atom. The van der Waals surface area contributed by atoms with Crippen LogP contribution in [0.25, 0.3) is 0 Å². The molecule has 0 heterocycles. The average molecular weight is 373 g/mol. The highest BCUT2D eigenvalue weighted by atomic mass is 35.5. The molecule has 4 nitrogen and oxygen atoms in total. The zero-order valence-electron chi connectivity index (χ0n) is 15.7. The summed E-state index contributed by atoms with van der Waals surface area (Å²) < 4.78 is 0. The lowest BCUT2D eigenvalue weighted by molar-refractivity contribution is -0.117. The first-order chi connectivity index (χ1) is 12.3. The third kappa shape index (κ3) is 4.85. The number of anilines is 2. The minimum absolute atomic E-state index is 0.111. The first-order valence-electron chi connectivity index (χ1n) is 8.76. The number of nitrogens with zero attached hydrogens (tertiary/aromatic N) is 1. The molecule has 0 aliphatic heterocycles. The maximum Gasteiger partial charge on any atom is 0.226 e.